The molecule has 1 aliphatic heterocycles. The van der Waals surface area contributed by atoms with Crippen molar-refractivity contribution in [2.24, 2.45) is 0 Å². The lowest BCUT2D eigenvalue weighted by Gasteiger charge is -2.22. The first-order valence-corrected chi connectivity index (χ1v) is 8.70. The maximum Gasteiger partial charge on any atom is 0.227 e. The zero-order valence-electron chi connectivity index (χ0n) is 12.3. The van der Waals surface area contributed by atoms with Crippen LogP contribution in [-0.2, 0) is 9.53 Å². The van der Waals surface area contributed by atoms with E-state index in [0.29, 0.717) is 24.8 Å². The van der Waals surface area contributed by atoms with Crippen LogP contribution in [0.2, 0.25) is 0 Å². The van der Waals surface area contributed by atoms with Gasteiger partial charge in [0.2, 0.25) is 5.91 Å². The number of morpholine rings is 1. The average molecular weight is 419 g/mol. The molecule has 2 N–H and O–H groups in total. The van der Waals surface area contributed by atoms with Crippen LogP contribution in [0, 0.1) is 0 Å². The molecule has 0 bridgehead atoms. The van der Waals surface area contributed by atoms with Gasteiger partial charge in [-0.25, -0.2) is 4.98 Å². The van der Waals surface area contributed by atoms with Gasteiger partial charge < -0.3 is 15.4 Å². The van der Waals surface area contributed by atoms with Crippen molar-refractivity contribution in [3.8, 4) is 11.3 Å². The molecule has 3 rings (SSSR count). The number of amides is 1. The fourth-order valence-corrected chi connectivity index (χ4v) is 3.39. The van der Waals surface area contributed by atoms with Crippen LogP contribution < -0.4 is 10.6 Å². The minimum Gasteiger partial charge on any atom is -0.378 e. The predicted molar refractivity (Wildman–Crippen MR) is 98.4 cm³/mol. The Labute approximate surface area is 153 Å². The number of thiazole rings is 1. The van der Waals surface area contributed by atoms with E-state index in [1.54, 1.807) is 0 Å². The van der Waals surface area contributed by atoms with Gasteiger partial charge >= 0.3 is 0 Å². The summed E-state index contributed by atoms with van der Waals surface area (Å²) in [6.45, 7) is 2.08. The molecule has 1 atom stereocenters. The van der Waals surface area contributed by atoms with E-state index in [1.807, 2.05) is 29.6 Å². The number of carbonyl (C=O) groups is 1. The molecular weight excluding hydrogens is 402 g/mol. The first-order chi connectivity index (χ1) is 10.7. The Balaban J connectivity index is 0.00000192. The van der Waals surface area contributed by atoms with Crippen LogP contribution in [0.15, 0.2) is 34.1 Å². The van der Waals surface area contributed by atoms with Gasteiger partial charge in [-0.05, 0) is 12.1 Å². The number of carbonyl (C=O) groups excluding carboxylic acids is 1. The Morgan fingerprint density at radius 1 is 1.52 bits per heavy atom. The normalized spacial score (nSPS) is 17.3. The van der Waals surface area contributed by atoms with Crippen molar-refractivity contribution in [1.29, 1.82) is 0 Å². The van der Waals surface area contributed by atoms with E-state index in [1.165, 1.54) is 11.3 Å². The van der Waals surface area contributed by atoms with E-state index in [-0.39, 0.29) is 24.4 Å². The highest BCUT2D eigenvalue weighted by molar-refractivity contribution is 9.10. The minimum absolute atomic E-state index is 0. The molecular formula is C15H17BrClN3O2S. The Bertz CT molecular complexity index is 662. The van der Waals surface area contributed by atoms with Gasteiger partial charge in [-0.15, -0.1) is 23.7 Å². The summed E-state index contributed by atoms with van der Waals surface area (Å²) in [5.74, 6) is -0.0434. The van der Waals surface area contributed by atoms with E-state index in [2.05, 4.69) is 31.5 Å². The molecule has 1 unspecified atom stereocenters. The van der Waals surface area contributed by atoms with Gasteiger partial charge in [0.15, 0.2) is 5.13 Å². The lowest BCUT2D eigenvalue weighted by molar-refractivity contribution is -0.117. The summed E-state index contributed by atoms with van der Waals surface area (Å²) in [5, 5.41) is 8.69. The van der Waals surface area contributed by atoms with Gasteiger partial charge in [0.1, 0.15) is 0 Å². The molecule has 124 valence electrons. The van der Waals surface area contributed by atoms with Crippen molar-refractivity contribution in [3.63, 3.8) is 0 Å². The number of rotatable bonds is 4. The lowest BCUT2D eigenvalue weighted by atomic mass is 10.2. The quantitative estimate of drug-likeness (QED) is 0.799. The van der Waals surface area contributed by atoms with Crippen LogP contribution in [0.25, 0.3) is 11.3 Å². The highest BCUT2D eigenvalue weighted by Crippen LogP contribution is 2.26. The molecule has 5 nitrogen and oxygen atoms in total. The predicted octanol–water partition coefficient (Wildman–Crippen LogP) is 3.31. The maximum absolute atomic E-state index is 12.0. The summed E-state index contributed by atoms with van der Waals surface area (Å²) in [4.78, 5) is 16.5. The summed E-state index contributed by atoms with van der Waals surface area (Å²) in [5.41, 5.74) is 1.88. The SMILES string of the molecule is Cl.O=C(CC1COCCN1)Nc1nc(-c2cccc(Br)c2)cs1. The van der Waals surface area contributed by atoms with Gasteiger partial charge in [0.25, 0.3) is 0 Å². The number of hydrogen-bond acceptors (Lipinski definition) is 5. The van der Waals surface area contributed by atoms with Crippen molar-refractivity contribution in [1.82, 2.24) is 10.3 Å². The van der Waals surface area contributed by atoms with Crippen molar-refractivity contribution < 1.29 is 9.53 Å². The monoisotopic (exact) mass is 417 g/mol. The third-order valence-electron chi connectivity index (χ3n) is 3.30. The van der Waals surface area contributed by atoms with E-state index >= 15 is 0 Å². The van der Waals surface area contributed by atoms with E-state index in [9.17, 15) is 4.79 Å². The number of aromatic nitrogens is 1. The molecule has 0 saturated carbocycles. The topological polar surface area (TPSA) is 63.2 Å². The molecule has 0 aliphatic carbocycles. The fraction of sp³-hybridized carbons (Fsp3) is 0.333. The van der Waals surface area contributed by atoms with Crippen LogP contribution in [-0.4, -0.2) is 36.7 Å². The first kappa shape index (κ1) is 18.4. The van der Waals surface area contributed by atoms with Crippen molar-refractivity contribution >= 4 is 50.7 Å². The second-order valence-electron chi connectivity index (χ2n) is 5.03. The summed E-state index contributed by atoms with van der Waals surface area (Å²) in [6, 6.07) is 8.01. The molecule has 1 saturated heterocycles. The summed E-state index contributed by atoms with van der Waals surface area (Å²) in [7, 11) is 0. The highest BCUT2D eigenvalue weighted by Gasteiger charge is 2.17. The van der Waals surface area contributed by atoms with Crippen LogP contribution >= 0.6 is 39.7 Å². The van der Waals surface area contributed by atoms with Gasteiger partial charge in [0.05, 0.1) is 18.9 Å². The molecule has 2 aromatic rings. The molecule has 1 aliphatic rings. The number of benzene rings is 1. The first-order valence-electron chi connectivity index (χ1n) is 7.03. The standard InChI is InChI=1S/C15H16BrN3O2S.ClH/c16-11-3-1-2-10(6-11)13-9-22-15(18-13)19-14(20)7-12-8-21-5-4-17-12;/h1-3,6,9,12,17H,4-5,7-8H2,(H,18,19,20);1H. The van der Waals surface area contributed by atoms with E-state index < -0.39 is 0 Å². The number of anilines is 1. The van der Waals surface area contributed by atoms with Gasteiger partial charge in [-0.3, -0.25) is 4.79 Å². The number of hydrogen-bond donors (Lipinski definition) is 2. The highest BCUT2D eigenvalue weighted by atomic mass is 79.9. The molecule has 0 radical (unpaired) electrons. The van der Waals surface area contributed by atoms with Crippen LogP contribution in [0.4, 0.5) is 5.13 Å². The van der Waals surface area contributed by atoms with Crippen LogP contribution in [0.1, 0.15) is 6.42 Å². The summed E-state index contributed by atoms with van der Waals surface area (Å²) in [6.07, 6.45) is 0.395. The van der Waals surface area contributed by atoms with Gasteiger partial charge in [-0.2, -0.15) is 0 Å². The molecule has 0 spiro atoms. The van der Waals surface area contributed by atoms with Gasteiger partial charge in [0, 0.05) is 34.4 Å². The smallest absolute Gasteiger partial charge is 0.227 e. The molecule has 1 aromatic heterocycles. The Hall–Kier alpha value is -0.990. The van der Waals surface area contributed by atoms with E-state index in [0.717, 1.165) is 22.3 Å². The number of ether oxygens (including phenoxy) is 1. The zero-order valence-corrected chi connectivity index (χ0v) is 15.5. The third kappa shape index (κ3) is 5.26. The molecule has 1 amide bonds. The Kier molecular flexibility index (Phi) is 6.98. The van der Waals surface area contributed by atoms with Crippen LogP contribution in [0.5, 0.6) is 0 Å². The average Bonchev–Trinajstić information content (AvgIpc) is 2.96. The third-order valence-corrected chi connectivity index (χ3v) is 4.55. The molecule has 8 heteroatoms. The van der Waals surface area contributed by atoms with Crippen molar-refractivity contribution in [3.05, 3.63) is 34.1 Å². The summed E-state index contributed by atoms with van der Waals surface area (Å²) < 4.78 is 6.35. The number of nitrogens with one attached hydrogen (secondary N) is 2. The lowest BCUT2D eigenvalue weighted by Crippen LogP contribution is -2.43. The Morgan fingerprint density at radius 2 is 2.39 bits per heavy atom. The van der Waals surface area contributed by atoms with Gasteiger partial charge in [-0.1, -0.05) is 28.1 Å². The zero-order chi connectivity index (χ0) is 15.4. The molecule has 2 heterocycles. The number of halogens is 2. The molecule has 23 heavy (non-hydrogen) atoms. The largest absolute Gasteiger partial charge is 0.378 e. The number of nitrogens with zero attached hydrogens (tertiary/aromatic N) is 1. The van der Waals surface area contributed by atoms with Crippen molar-refractivity contribution in [2.75, 3.05) is 25.1 Å². The molecule has 1 aromatic carbocycles. The second kappa shape index (κ2) is 8.75. The maximum atomic E-state index is 12.0. The fourth-order valence-electron chi connectivity index (χ4n) is 2.26. The van der Waals surface area contributed by atoms with Crippen LogP contribution in [0.3, 0.4) is 0 Å². The minimum atomic E-state index is -0.0434. The van der Waals surface area contributed by atoms with E-state index in [4.69, 9.17) is 4.74 Å². The second-order valence-corrected chi connectivity index (χ2v) is 6.80. The Morgan fingerprint density at radius 3 is 3.13 bits per heavy atom. The summed E-state index contributed by atoms with van der Waals surface area (Å²) >= 11 is 4.88. The molecule has 1 fully saturated rings. The van der Waals surface area contributed by atoms with Crippen molar-refractivity contribution in [2.45, 2.75) is 12.5 Å².